The Morgan fingerprint density at radius 1 is 1.11 bits per heavy atom. The Balaban J connectivity index is 2.06. The molecule has 1 aliphatic rings. The number of aryl methyl sites for hydroxylation is 1. The molecule has 92 valence electrons. The maximum atomic E-state index is 13.0. The molecule has 0 amide bonds. The van der Waals surface area contributed by atoms with E-state index in [1.165, 1.54) is 28.8 Å². The molecule has 1 nitrogen and oxygen atoms in total. The second-order valence-corrected chi connectivity index (χ2v) is 4.83. The van der Waals surface area contributed by atoms with Crippen LogP contribution in [0.4, 0.5) is 4.39 Å². The van der Waals surface area contributed by atoms with Crippen LogP contribution in [0, 0.1) is 12.7 Å². The maximum Gasteiger partial charge on any atom is 0.123 e. The summed E-state index contributed by atoms with van der Waals surface area (Å²) in [6.07, 6.45) is 1.07. The molecule has 0 saturated heterocycles. The lowest BCUT2D eigenvalue weighted by molar-refractivity contribution is 0.563. The van der Waals surface area contributed by atoms with Crippen molar-refractivity contribution in [2.75, 3.05) is 6.54 Å². The van der Waals surface area contributed by atoms with Gasteiger partial charge in [-0.15, -0.1) is 0 Å². The summed E-state index contributed by atoms with van der Waals surface area (Å²) in [6.45, 7) is 3.13. The molecular weight excluding hydrogens is 225 g/mol. The molecule has 1 unspecified atom stereocenters. The molecule has 1 aliphatic heterocycles. The van der Waals surface area contributed by atoms with Gasteiger partial charge in [0, 0.05) is 6.54 Å². The van der Waals surface area contributed by atoms with Gasteiger partial charge in [0.05, 0.1) is 6.04 Å². The Morgan fingerprint density at radius 3 is 2.67 bits per heavy atom. The number of halogens is 1. The lowest BCUT2D eigenvalue weighted by atomic mass is 9.87. The standard InChI is InChI=1S/C16H16FN/c1-11-3-2-4-15-14(11)9-10-18-16(15)12-5-7-13(17)8-6-12/h2-8,16,18H,9-10H2,1H3. The van der Waals surface area contributed by atoms with Crippen molar-refractivity contribution in [2.45, 2.75) is 19.4 Å². The molecule has 2 aromatic rings. The van der Waals surface area contributed by atoms with Crippen LogP contribution in [0.1, 0.15) is 28.3 Å². The summed E-state index contributed by atoms with van der Waals surface area (Å²) in [5, 5.41) is 3.52. The van der Waals surface area contributed by atoms with Gasteiger partial charge in [-0.2, -0.15) is 0 Å². The van der Waals surface area contributed by atoms with Gasteiger partial charge in [0.1, 0.15) is 5.82 Å². The van der Waals surface area contributed by atoms with Crippen molar-refractivity contribution in [1.29, 1.82) is 0 Å². The fourth-order valence-electron chi connectivity index (χ4n) is 2.74. The third-order valence-corrected chi connectivity index (χ3v) is 3.68. The molecule has 1 heterocycles. The molecule has 0 saturated carbocycles. The van der Waals surface area contributed by atoms with Gasteiger partial charge in [-0.05, 0) is 47.7 Å². The molecule has 1 atom stereocenters. The van der Waals surface area contributed by atoms with Gasteiger partial charge in [-0.3, -0.25) is 0 Å². The van der Waals surface area contributed by atoms with E-state index in [1.54, 1.807) is 0 Å². The van der Waals surface area contributed by atoms with Gasteiger partial charge in [0.2, 0.25) is 0 Å². The lowest BCUT2D eigenvalue weighted by Gasteiger charge is -2.28. The van der Waals surface area contributed by atoms with E-state index in [2.05, 4.69) is 30.4 Å². The molecule has 0 bridgehead atoms. The average Bonchev–Trinajstić information content (AvgIpc) is 2.40. The molecule has 2 aromatic carbocycles. The van der Waals surface area contributed by atoms with Crippen LogP contribution in [-0.2, 0) is 6.42 Å². The number of rotatable bonds is 1. The number of hydrogen-bond donors (Lipinski definition) is 1. The monoisotopic (exact) mass is 241 g/mol. The van der Waals surface area contributed by atoms with Crippen molar-refractivity contribution >= 4 is 0 Å². The minimum Gasteiger partial charge on any atom is -0.306 e. The number of hydrogen-bond acceptors (Lipinski definition) is 1. The Bertz CT molecular complexity index is 560. The number of nitrogens with one attached hydrogen (secondary N) is 1. The van der Waals surface area contributed by atoms with E-state index in [4.69, 9.17) is 0 Å². The summed E-state index contributed by atoms with van der Waals surface area (Å²) in [5.41, 5.74) is 5.24. The summed E-state index contributed by atoms with van der Waals surface area (Å²) < 4.78 is 13.0. The van der Waals surface area contributed by atoms with Crippen LogP contribution < -0.4 is 5.32 Å². The van der Waals surface area contributed by atoms with E-state index < -0.39 is 0 Å². The molecular formula is C16H16FN. The van der Waals surface area contributed by atoms with Gasteiger partial charge >= 0.3 is 0 Å². The van der Waals surface area contributed by atoms with Crippen LogP contribution in [0.5, 0.6) is 0 Å². The third kappa shape index (κ3) is 1.93. The predicted octanol–water partition coefficient (Wildman–Crippen LogP) is 3.37. The summed E-state index contributed by atoms with van der Waals surface area (Å²) in [5.74, 6) is -0.181. The first-order valence-corrected chi connectivity index (χ1v) is 6.33. The van der Waals surface area contributed by atoms with Gasteiger partial charge in [-0.1, -0.05) is 30.3 Å². The fraction of sp³-hybridized carbons (Fsp3) is 0.250. The first-order valence-electron chi connectivity index (χ1n) is 6.33. The van der Waals surface area contributed by atoms with Crippen molar-refractivity contribution in [2.24, 2.45) is 0 Å². The minimum atomic E-state index is -0.181. The fourth-order valence-corrected chi connectivity index (χ4v) is 2.74. The van der Waals surface area contributed by atoms with E-state index in [0.717, 1.165) is 18.5 Å². The third-order valence-electron chi connectivity index (χ3n) is 3.68. The second kappa shape index (κ2) is 4.54. The smallest absolute Gasteiger partial charge is 0.123 e. The van der Waals surface area contributed by atoms with E-state index in [9.17, 15) is 4.39 Å². The number of benzene rings is 2. The zero-order valence-electron chi connectivity index (χ0n) is 10.4. The van der Waals surface area contributed by atoms with Crippen LogP contribution in [0.2, 0.25) is 0 Å². The molecule has 0 aliphatic carbocycles. The number of fused-ring (bicyclic) bond motifs is 1. The van der Waals surface area contributed by atoms with Gasteiger partial charge < -0.3 is 5.32 Å². The SMILES string of the molecule is Cc1cccc2c1CCNC2c1ccc(F)cc1. The molecule has 0 aromatic heterocycles. The zero-order chi connectivity index (χ0) is 12.5. The topological polar surface area (TPSA) is 12.0 Å². The molecule has 3 rings (SSSR count). The van der Waals surface area contributed by atoms with E-state index in [0.29, 0.717) is 0 Å². The Labute approximate surface area is 107 Å². The zero-order valence-corrected chi connectivity index (χ0v) is 10.4. The van der Waals surface area contributed by atoms with Crippen LogP contribution in [0.15, 0.2) is 42.5 Å². The molecule has 18 heavy (non-hydrogen) atoms. The van der Waals surface area contributed by atoms with E-state index in [1.807, 2.05) is 12.1 Å². The van der Waals surface area contributed by atoms with Crippen LogP contribution in [0.3, 0.4) is 0 Å². The summed E-state index contributed by atoms with van der Waals surface area (Å²) in [7, 11) is 0. The molecule has 0 spiro atoms. The Morgan fingerprint density at radius 2 is 1.89 bits per heavy atom. The van der Waals surface area contributed by atoms with Gasteiger partial charge in [0.15, 0.2) is 0 Å². The summed E-state index contributed by atoms with van der Waals surface area (Å²) in [6, 6.07) is 13.4. The van der Waals surface area contributed by atoms with Crippen molar-refractivity contribution in [3.8, 4) is 0 Å². The van der Waals surface area contributed by atoms with Crippen LogP contribution >= 0.6 is 0 Å². The van der Waals surface area contributed by atoms with Crippen molar-refractivity contribution in [1.82, 2.24) is 5.32 Å². The van der Waals surface area contributed by atoms with Gasteiger partial charge in [-0.25, -0.2) is 4.39 Å². The highest BCUT2D eigenvalue weighted by molar-refractivity contribution is 5.43. The van der Waals surface area contributed by atoms with E-state index >= 15 is 0 Å². The van der Waals surface area contributed by atoms with Gasteiger partial charge in [0.25, 0.3) is 0 Å². The van der Waals surface area contributed by atoms with Crippen molar-refractivity contribution in [3.63, 3.8) is 0 Å². The lowest BCUT2D eigenvalue weighted by Crippen LogP contribution is -2.31. The highest BCUT2D eigenvalue weighted by atomic mass is 19.1. The second-order valence-electron chi connectivity index (χ2n) is 4.83. The van der Waals surface area contributed by atoms with Crippen LogP contribution in [0.25, 0.3) is 0 Å². The molecule has 2 heteroatoms. The quantitative estimate of drug-likeness (QED) is 0.807. The average molecular weight is 241 g/mol. The summed E-state index contributed by atoms with van der Waals surface area (Å²) in [4.78, 5) is 0. The molecule has 1 N–H and O–H groups in total. The van der Waals surface area contributed by atoms with E-state index in [-0.39, 0.29) is 11.9 Å². The summed E-state index contributed by atoms with van der Waals surface area (Å²) >= 11 is 0. The normalized spacial score (nSPS) is 18.4. The van der Waals surface area contributed by atoms with Crippen molar-refractivity contribution in [3.05, 3.63) is 70.5 Å². The first kappa shape index (κ1) is 11.4. The highest BCUT2D eigenvalue weighted by Crippen LogP contribution is 2.30. The first-order chi connectivity index (χ1) is 8.75. The highest BCUT2D eigenvalue weighted by Gasteiger charge is 2.21. The largest absolute Gasteiger partial charge is 0.306 e. The van der Waals surface area contributed by atoms with Crippen LogP contribution in [-0.4, -0.2) is 6.54 Å². The predicted molar refractivity (Wildman–Crippen MR) is 71.1 cm³/mol. The van der Waals surface area contributed by atoms with Crippen molar-refractivity contribution < 1.29 is 4.39 Å². The Hall–Kier alpha value is -1.67. The Kier molecular flexibility index (Phi) is 2.88. The maximum absolute atomic E-state index is 13.0. The molecule has 0 radical (unpaired) electrons. The minimum absolute atomic E-state index is 0.181. The molecule has 0 fully saturated rings.